The molecule has 18 heteroatoms. The Kier molecular flexibility index (Phi) is 18.9. The lowest BCUT2D eigenvalue weighted by Gasteiger charge is -2.49. The van der Waals surface area contributed by atoms with Crippen molar-refractivity contribution in [3.63, 3.8) is 0 Å². The molecule has 15 unspecified atom stereocenters. The normalized spacial score (nSPS) is 29.9. The number of carbonyl (C=O) groups excluding carboxylic acids is 6. The third kappa shape index (κ3) is 13.6. The average Bonchev–Trinajstić information content (AvgIpc) is 3.40. The molecule has 3 fully saturated rings. The highest BCUT2D eigenvalue weighted by atomic mass is 16.8. The number of hydrogen-bond donors (Lipinski definition) is 0. The van der Waals surface area contributed by atoms with Crippen LogP contribution in [0.4, 0.5) is 0 Å². The molecule has 7 rings (SSSR count). The Morgan fingerprint density at radius 2 is 0.849 bits per heavy atom. The fraction of sp³-hybridized carbons (Fsp3) is 0.455. The molecular formula is C55H62O18. The standard InChI is InChI=1S/C55H62O18/c1-8-40-31(2)32(3)44(71-51(60)38-25-17-11-18-26-38)55(67-40)73-46-45(65-34(5)56)42(69-53(62-7)48(46)66-35(6)57)30-64-54-47(72-52(61)39-27-19-12-20-28-39)43(70-50(59)37-23-15-10-16-24-37)33(4)41(68-54)29-63-49(58)36-21-13-9-14-22-36/h9-28,31-33,40-48,53-55H,8,29-30H2,1-7H3. The summed E-state index contributed by atoms with van der Waals surface area (Å²) in [5.74, 6) is -5.65. The zero-order valence-electron chi connectivity index (χ0n) is 41.7. The van der Waals surface area contributed by atoms with E-state index in [1.54, 1.807) is 128 Å². The SMILES string of the molecule is CCC1OC(OC2C(OC(C)=O)C(COC3OC(COC(=O)c4ccccc4)C(C)C(OC(=O)c4ccccc4)C3OC(=O)c3ccccc3)OC(OC)C2OC(C)=O)C(OC(=O)c2ccccc2)C(C)C1C. The summed E-state index contributed by atoms with van der Waals surface area (Å²) in [5, 5.41) is 0. The molecule has 0 N–H and O–H groups in total. The van der Waals surface area contributed by atoms with Gasteiger partial charge in [0.15, 0.2) is 43.3 Å². The van der Waals surface area contributed by atoms with Crippen LogP contribution in [-0.2, 0) is 66.4 Å². The van der Waals surface area contributed by atoms with Crippen LogP contribution in [0.15, 0.2) is 121 Å². The van der Waals surface area contributed by atoms with Gasteiger partial charge in [-0.3, -0.25) is 9.59 Å². The molecule has 0 bridgehead atoms. The van der Waals surface area contributed by atoms with Gasteiger partial charge in [0, 0.05) is 32.8 Å². The Morgan fingerprint density at radius 1 is 0.425 bits per heavy atom. The van der Waals surface area contributed by atoms with Crippen molar-refractivity contribution < 1.29 is 85.6 Å². The molecule has 0 aromatic heterocycles. The summed E-state index contributed by atoms with van der Waals surface area (Å²) in [6.07, 6.45) is -14.6. The minimum atomic E-state index is -1.60. The molecule has 15 atom stereocenters. The molecule has 390 valence electrons. The number of rotatable bonds is 18. The quantitative estimate of drug-likeness (QED) is 0.0730. The molecule has 4 aromatic carbocycles. The molecule has 18 nitrogen and oxygen atoms in total. The van der Waals surface area contributed by atoms with Gasteiger partial charge < -0.3 is 56.8 Å². The third-order valence-electron chi connectivity index (χ3n) is 13.2. The molecule has 3 saturated heterocycles. The number of ether oxygens (including phenoxy) is 12. The molecule has 3 heterocycles. The Hall–Kier alpha value is -6.54. The molecule has 0 radical (unpaired) electrons. The van der Waals surface area contributed by atoms with Crippen LogP contribution in [0.3, 0.4) is 0 Å². The second kappa shape index (κ2) is 25.4. The van der Waals surface area contributed by atoms with Gasteiger partial charge in [0.25, 0.3) is 0 Å². The second-order valence-corrected chi connectivity index (χ2v) is 18.1. The smallest absolute Gasteiger partial charge is 0.338 e. The second-order valence-electron chi connectivity index (χ2n) is 18.1. The van der Waals surface area contributed by atoms with Gasteiger partial charge in [-0.15, -0.1) is 0 Å². The maximum atomic E-state index is 14.0. The van der Waals surface area contributed by atoms with E-state index in [0.717, 1.165) is 6.92 Å². The molecule has 0 aliphatic carbocycles. The van der Waals surface area contributed by atoms with E-state index >= 15 is 0 Å². The van der Waals surface area contributed by atoms with E-state index in [2.05, 4.69) is 0 Å². The van der Waals surface area contributed by atoms with Gasteiger partial charge in [-0.1, -0.05) is 100 Å². The van der Waals surface area contributed by atoms with Crippen molar-refractivity contribution in [1.82, 2.24) is 0 Å². The van der Waals surface area contributed by atoms with Crippen LogP contribution in [0.25, 0.3) is 0 Å². The first-order valence-corrected chi connectivity index (χ1v) is 24.3. The monoisotopic (exact) mass is 1010 g/mol. The molecule has 3 aliphatic rings. The Balaban J connectivity index is 1.24. The highest BCUT2D eigenvalue weighted by molar-refractivity contribution is 5.91. The first-order valence-electron chi connectivity index (χ1n) is 24.3. The van der Waals surface area contributed by atoms with Gasteiger partial charge in [-0.05, 0) is 60.9 Å². The van der Waals surface area contributed by atoms with E-state index in [0.29, 0.717) is 6.42 Å². The van der Waals surface area contributed by atoms with Crippen LogP contribution in [0.1, 0.15) is 89.4 Å². The highest BCUT2D eigenvalue weighted by Gasteiger charge is 2.56. The third-order valence-corrected chi connectivity index (χ3v) is 13.2. The van der Waals surface area contributed by atoms with Crippen molar-refractivity contribution in [3.05, 3.63) is 144 Å². The largest absolute Gasteiger partial charge is 0.459 e. The van der Waals surface area contributed by atoms with Gasteiger partial charge >= 0.3 is 35.8 Å². The lowest BCUT2D eigenvalue weighted by atomic mass is 9.82. The summed E-state index contributed by atoms with van der Waals surface area (Å²) < 4.78 is 74.6. The fourth-order valence-corrected chi connectivity index (χ4v) is 9.13. The molecule has 73 heavy (non-hydrogen) atoms. The fourth-order valence-electron chi connectivity index (χ4n) is 9.13. The summed E-state index contributed by atoms with van der Waals surface area (Å²) in [5.41, 5.74) is 0.928. The van der Waals surface area contributed by atoms with Crippen molar-refractivity contribution in [2.24, 2.45) is 17.8 Å². The summed E-state index contributed by atoms with van der Waals surface area (Å²) in [7, 11) is 1.30. The molecule has 0 spiro atoms. The lowest BCUT2D eigenvalue weighted by Crippen LogP contribution is -2.65. The topological polar surface area (TPSA) is 213 Å². The molecule has 0 saturated carbocycles. The minimum Gasteiger partial charge on any atom is -0.459 e. The first kappa shape index (κ1) is 54.2. The zero-order chi connectivity index (χ0) is 52.2. The number of carbonyl (C=O) groups is 6. The Bertz CT molecular complexity index is 2460. The van der Waals surface area contributed by atoms with Crippen LogP contribution < -0.4 is 0 Å². The van der Waals surface area contributed by atoms with Gasteiger partial charge in [-0.25, -0.2) is 19.2 Å². The summed E-state index contributed by atoms with van der Waals surface area (Å²) in [4.78, 5) is 80.7. The van der Waals surface area contributed by atoms with Crippen molar-refractivity contribution in [3.8, 4) is 0 Å². The highest BCUT2D eigenvalue weighted by Crippen LogP contribution is 2.39. The first-order chi connectivity index (χ1) is 35.2. The van der Waals surface area contributed by atoms with Gasteiger partial charge in [0.2, 0.25) is 0 Å². The average molecular weight is 1010 g/mol. The molecule has 4 aromatic rings. The van der Waals surface area contributed by atoms with Gasteiger partial charge in [0.05, 0.1) is 35.0 Å². The van der Waals surface area contributed by atoms with E-state index in [4.69, 9.17) is 56.8 Å². The van der Waals surface area contributed by atoms with Crippen LogP contribution in [-0.4, -0.2) is 130 Å². The minimum absolute atomic E-state index is 0.113. The number of benzene rings is 4. The van der Waals surface area contributed by atoms with E-state index in [1.165, 1.54) is 14.0 Å². The van der Waals surface area contributed by atoms with E-state index < -0.39 is 116 Å². The Labute approximate surface area is 423 Å². The predicted molar refractivity (Wildman–Crippen MR) is 256 cm³/mol. The Morgan fingerprint density at radius 3 is 1.33 bits per heavy atom. The summed E-state index contributed by atoms with van der Waals surface area (Å²) in [6.45, 7) is 8.95. The van der Waals surface area contributed by atoms with E-state index in [9.17, 15) is 28.8 Å². The van der Waals surface area contributed by atoms with Crippen molar-refractivity contribution >= 4 is 35.8 Å². The van der Waals surface area contributed by atoms with E-state index in [1.807, 2.05) is 20.8 Å². The number of methoxy groups -OCH3 is 1. The van der Waals surface area contributed by atoms with Crippen LogP contribution in [0, 0.1) is 17.8 Å². The van der Waals surface area contributed by atoms with Crippen molar-refractivity contribution in [2.45, 2.75) is 122 Å². The molecule has 3 aliphatic heterocycles. The van der Waals surface area contributed by atoms with Gasteiger partial charge in [-0.2, -0.15) is 0 Å². The predicted octanol–water partition coefficient (Wildman–Crippen LogP) is 6.92. The molecule has 0 amide bonds. The van der Waals surface area contributed by atoms with Crippen LogP contribution >= 0.6 is 0 Å². The maximum absolute atomic E-state index is 14.0. The number of esters is 6. The van der Waals surface area contributed by atoms with Crippen LogP contribution in [0.5, 0.6) is 0 Å². The summed E-state index contributed by atoms with van der Waals surface area (Å²) in [6, 6.07) is 33.0. The van der Waals surface area contributed by atoms with Crippen molar-refractivity contribution in [2.75, 3.05) is 20.3 Å². The zero-order valence-corrected chi connectivity index (χ0v) is 41.7. The van der Waals surface area contributed by atoms with Crippen molar-refractivity contribution in [1.29, 1.82) is 0 Å². The maximum Gasteiger partial charge on any atom is 0.338 e. The molecular weight excluding hydrogens is 949 g/mol. The van der Waals surface area contributed by atoms with Crippen LogP contribution in [0.2, 0.25) is 0 Å². The van der Waals surface area contributed by atoms with Gasteiger partial charge in [0.1, 0.15) is 31.0 Å². The summed E-state index contributed by atoms with van der Waals surface area (Å²) >= 11 is 0. The lowest BCUT2D eigenvalue weighted by molar-refractivity contribution is -0.356. The van der Waals surface area contributed by atoms with E-state index in [-0.39, 0.29) is 46.8 Å². The number of hydrogen-bond acceptors (Lipinski definition) is 18.